The van der Waals surface area contributed by atoms with Gasteiger partial charge in [-0.2, -0.15) is 0 Å². The van der Waals surface area contributed by atoms with Crippen molar-refractivity contribution < 1.29 is 10.4 Å². The highest BCUT2D eigenvalue weighted by atomic mass is 16.3. The van der Waals surface area contributed by atoms with Gasteiger partial charge in [0, 0.05) is 12.0 Å². The molecule has 0 unspecified atom stereocenters. The van der Waals surface area contributed by atoms with Gasteiger partial charge in [-0.1, -0.05) is 43.2 Å². The zero-order chi connectivity index (χ0) is 13.1. The summed E-state index contributed by atoms with van der Waals surface area (Å²) in [5, 5.41) is 13.5. The Balaban J connectivity index is 1.66. The summed E-state index contributed by atoms with van der Waals surface area (Å²) in [6.07, 6.45) is 8.51. The minimum Gasteiger partial charge on any atom is -0.383 e. The summed E-state index contributed by atoms with van der Waals surface area (Å²) >= 11 is 0. The van der Waals surface area contributed by atoms with Gasteiger partial charge in [-0.3, -0.25) is 0 Å². The van der Waals surface area contributed by atoms with Crippen molar-refractivity contribution in [2.45, 2.75) is 63.1 Å². The second kappa shape index (κ2) is 5.64. The Hall–Kier alpha value is -0.860. The van der Waals surface area contributed by atoms with Crippen LogP contribution in [0.15, 0.2) is 30.3 Å². The summed E-state index contributed by atoms with van der Waals surface area (Å²) in [6, 6.07) is 11.0. The molecule has 2 saturated carbocycles. The third-order valence-electron chi connectivity index (χ3n) is 5.28. The molecule has 0 heterocycles. The molecule has 104 valence electrons. The molecule has 3 atom stereocenters. The molecule has 0 aromatic heterocycles. The first kappa shape index (κ1) is 13.1. The highest BCUT2D eigenvalue weighted by molar-refractivity contribution is 5.13. The standard InChI is InChI=1S/C17H25NO/c19-17-12-5-4-9-15(17)10-6-11-16(17)18-13-14-7-2-1-3-8-14/h1-3,7-8,15-16,18-19H,4-6,9-13H2/p+1/t15-,16+,17+/m1/s1. The van der Waals surface area contributed by atoms with Crippen molar-refractivity contribution in [1.82, 2.24) is 0 Å². The lowest BCUT2D eigenvalue weighted by molar-refractivity contribution is -0.722. The Bertz CT molecular complexity index is 403. The molecular formula is C17H26NO+. The van der Waals surface area contributed by atoms with Gasteiger partial charge < -0.3 is 10.4 Å². The maximum Gasteiger partial charge on any atom is 0.119 e. The molecule has 2 heteroatoms. The second-order valence-electron chi connectivity index (χ2n) is 6.40. The molecule has 0 bridgehead atoms. The monoisotopic (exact) mass is 260 g/mol. The zero-order valence-electron chi connectivity index (χ0n) is 11.7. The molecule has 0 amide bonds. The minimum atomic E-state index is -0.384. The van der Waals surface area contributed by atoms with Gasteiger partial charge in [-0.25, -0.2) is 0 Å². The molecule has 19 heavy (non-hydrogen) atoms. The van der Waals surface area contributed by atoms with Crippen LogP contribution in [-0.2, 0) is 6.54 Å². The molecule has 1 aromatic rings. The normalized spacial score (nSPS) is 34.8. The summed E-state index contributed by atoms with van der Waals surface area (Å²) in [5.74, 6) is 0.562. The Morgan fingerprint density at radius 1 is 1.05 bits per heavy atom. The number of quaternary nitrogens is 1. The van der Waals surface area contributed by atoms with Crippen LogP contribution >= 0.6 is 0 Å². The van der Waals surface area contributed by atoms with Crippen LogP contribution in [0.3, 0.4) is 0 Å². The summed E-state index contributed by atoms with van der Waals surface area (Å²) in [6.45, 7) is 1.00. The predicted octanol–water partition coefficient (Wildman–Crippen LogP) is 2.22. The van der Waals surface area contributed by atoms with E-state index in [1.807, 2.05) is 0 Å². The van der Waals surface area contributed by atoms with Gasteiger partial charge in [-0.05, 0) is 31.6 Å². The number of hydrogen-bond acceptors (Lipinski definition) is 1. The zero-order valence-corrected chi connectivity index (χ0v) is 11.7. The molecule has 2 aliphatic rings. The molecule has 1 aromatic carbocycles. The van der Waals surface area contributed by atoms with Gasteiger partial charge in [0.25, 0.3) is 0 Å². The Morgan fingerprint density at radius 2 is 1.84 bits per heavy atom. The summed E-state index contributed by atoms with van der Waals surface area (Å²) in [7, 11) is 0. The van der Waals surface area contributed by atoms with Gasteiger partial charge in [0.05, 0.1) is 0 Å². The molecule has 2 aliphatic carbocycles. The Labute approximate surface area is 116 Å². The lowest BCUT2D eigenvalue weighted by Gasteiger charge is -2.47. The van der Waals surface area contributed by atoms with Crippen molar-refractivity contribution in [2.75, 3.05) is 0 Å². The third kappa shape index (κ3) is 2.70. The smallest absolute Gasteiger partial charge is 0.119 e. The highest BCUT2D eigenvalue weighted by Crippen LogP contribution is 2.42. The number of benzene rings is 1. The lowest BCUT2D eigenvalue weighted by atomic mass is 9.65. The van der Waals surface area contributed by atoms with Crippen molar-refractivity contribution in [3.8, 4) is 0 Å². The first-order valence-electron chi connectivity index (χ1n) is 7.89. The predicted molar refractivity (Wildman–Crippen MR) is 76.6 cm³/mol. The summed E-state index contributed by atoms with van der Waals surface area (Å²) < 4.78 is 0. The first-order chi connectivity index (χ1) is 9.29. The fraction of sp³-hybridized carbons (Fsp3) is 0.647. The average molecular weight is 260 g/mol. The van der Waals surface area contributed by atoms with Crippen LogP contribution in [0.1, 0.15) is 50.5 Å². The Morgan fingerprint density at radius 3 is 2.68 bits per heavy atom. The van der Waals surface area contributed by atoms with Gasteiger partial charge in [0.15, 0.2) is 0 Å². The van der Waals surface area contributed by atoms with Crippen molar-refractivity contribution in [1.29, 1.82) is 0 Å². The summed E-state index contributed by atoms with van der Waals surface area (Å²) in [4.78, 5) is 0. The third-order valence-corrected chi connectivity index (χ3v) is 5.28. The van der Waals surface area contributed by atoms with E-state index in [9.17, 15) is 5.11 Å². The minimum absolute atomic E-state index is 0.384. The lowest BCUT2D eigenvalue weighted by Crippen LogP contribution is -2.94. The van der Waals surface area contributed by atoms with E-state index < -0.39 is 0 Å². The molecule has 0 aliphatic heterocycles. The van der Waals surface area contributed by atoms with Gasteiger partial charge in [-0.15, -0.1) is 0 Å². The van der Waals surface area contributed by atoms with Crippen molar-refractivity contribution in [3.63, 3.8) is 0 Å². The SMILES string of the molecule is O[C@@]12CCCC[C@@H]1CCC[C@@H]2[NH2+]Cc1ccccc1. The molecule has 3 N–H and O–H groups in total. The van der Waals surface area contributed by atoms with E-state index in [0.717, 1.165) is 13.0 Å². The maximum absolute atomic E-state index is 11.1. The van der Waals surface area contributed by atoms with Crippen molar-refractivity contribution in [3.05, 3.63) is 35.9 Å². The molecule has 0 saturated heterocycles. The average Bonchev–Trinajstić information content (AvgIpc) is 2.46. The van der Waals surface area contributed by atoms with E-state index in [0.29, 0.717) is 12.0 Å². The molecular weight excluding hydrogens is 234 g/mol. The van der Waals surface area contributed by atoms with E-state index in [-0.39, 0.29) is 5.60 Å². The molecule has 3 rings (SSSR count). The molecule has 0 radical (unpaired) electrons. The van der Waals surface area contributed by atoms with Crippen molar-refractivity contribution in [2.24, 2.45) is 5.92 Å². The van der Waals surface area contributed by atoms with E-state index in [2.05, 4.69) is 35.6 Å². The van der Waals surface area contributed by atoms with Crippen LogP contribution < -0.4 is 5.32 Å². The van der Waals surface area contributed by atoms with Crippen LogP contribution in [0.25, 0.3) is 0 Å². The topological polar surface area (TPSA) is 36.8 Å². The van der Waals surface area contributed by atoms with Crippen LogP contribution in [-0.4, -0.2) is 16.7 Å². The van der Waals surface area contributed by atoms with Crippen LogP contribution in [0, 0.1) is 5.92 Å². The van der Waals surface area contributed by atoms with Crippen LogP contribution in [0.2, 0.25) is 0 Å². The first-order valence-corrected chi connectivity index (χ1v) is 7.89. The second-order valence-corrected chi connectivity index (χ2v) is 6.40. The fourth-order valence-electron chi connectivity index (χ4n) is 4.18. The number of rotatable bonds is 3. The summed E-state index contributed by atoms with van der Waals surface area (Å²) in [5.41, 5.74) is 0.981. The van der Waals surface area contributed by atoms with Gasteiger partial charge in [0.1, 0.15) is 18.2 Å². The van der Waals surface area contributed by atoms with Gasteiger partial charge >= 0.3 is 0 Å². The quantitative estimate of drug-likeness (QED) is 0.859. The molecule has 0 spiro atoms. The van der Waals surface area contributed by atoms with E-state index in [1.165, 1.54) is 44.1 Å². The molecule has 2 fully saturated rings. The Kier molecular flexibility index (Phi) is 3.90. The van der Waals surface area contributed by atoms with E-state index in [1.54, 1.807) is 0 Å². The molecule has 2 nitrogen and oxygen atoms in total. The number of aliphatic hydroxyl groups is 1. The number of fused-ring (bicyclic) bond motifs is 1. The highest BCUT2D eigenvalue weighted by Gasteiger charge is 2.49. The van der Waals surface area contributed by atoms with Crippen molar-refractivity contribution >= 4 is 0 Å². The van der Waals surface area contributed by atoms with Crippen LogP contribution in [0.4, 0.5) is 0 Å². The fourth-order valence-corrected chi connectivity index (χ4v) is 4.18. The van der Waals surface area contributed by atoms with Crippen LogP contribution in [0.5, 0.6) is 0 Å². The van der Waals surface area contributed by atoms with E-state index >= 15 is 0 Å². The van der Waals surface area contributed by atoms with E-state index in [4.69, 9.17) is 0 Å². The largest absolute Gasteiger partial charge is 0.383 e. The number of hydrogen-bond donors (Lipinski definition) is 2. The number of nitrogens with two attached hydrogens (primary N) is 1. The van der Waals surface area contributed by atoms with Gasteiger partial charge in [0.2, 0.25) is 0 Å². The maximum atomic E-state index is 11.1.